The summed E-state index contributed by atoms with van der Waals surface area (Å²) in [6.45, 7) is 9.03. The van der Waals surface area contributed by atoms with Crippen LogP contribution in [0.5, 0.6) is 17.2 Å². The third-order valence-electron chi connectivity index (χ3n) is 7.31. The first-order chi connectivity index (χ1) is 15.6. The third kappa shape index (κ3) is 2.91. The molecule has 6 rings (SSSR count). The summed E-state index contributed by atoms with van der Waals surface area (Å²) in [7, 11) is 0. The maximum Gasteiger partial charge on any atom is 0.165 e. The topological polar surface area (TPSA) is 63.6 Å². The second-order valence-electron chi connectivity index (χ2n) is 9.38. The van der Waals surface area contributed by atoms with Gasteiger partial charge < -0.3 is 29.0 Å². The molecule has 0 aromatic heterocycles. The number of para-hydroxylation sites is 1. The zero-order valence-corrected chi connectivity index (χ0v) is 18.6. The van der Waals surface area contributed by atoms with Crippen LogP contribution in [0.25, 0.3) is 0 Å². The lowest BCUT2D eigenvalue weighted by Gasteiger charge is -2.39. The molecule has 2 aromatic rings. The molecule has 1 spiro atoms. The molecule has 0 amide bonds. The van der Waals surface area contributed by atoms with Crippen molar-refractivity contribution in [2.45, 2.75) is 37.6 Å². The smallest absolute Gasteiger partial charge is 0.165 e. The van der Waals surface area contributed by atoms with Gasteiger partial charge in [-0.25, -0.2) is 0 Å². The van der Waals surface area contributed by atoms with E-state index in [0.29, 0.717) is 43.9 Å². The number of aliphatic hydroxyl groups is 1. The van der Waals surface area contributed by atoms with E-state index in [-0.39, 0.29) is 6.10 Å². The highest BCUT2D eigenvalue weighted by Crippen LogP contribution is 2.56. The third-order valence-corrected chi connectivity index (χ3v) is 7.31. The number of hydrogen-bond acceptors (Lipinski definition) is 7. The molecule has 0 bridgehead atoms. The SMILES string of the molecule is CC(C)N1CCOC(CN2c3ccccc3C3(COc4cc5c(cc43)OCCO5)C2O)C1. The molecule has 1 fully saturated rings. The molecule has 32 heavy (non-hydrogen) atoms. The van der Waals surface area contributed by atoms with Crippen molar-refractivity contribution in [1.82, 2.24) is 4.90 Å². The van der Waals surface area contributed by atoms with Gasteiger partial charge in [-0.3, -0.25) is 4.90 Å². The lowest BCUT2D eigenvalue weighted by Crippen LogP contribution is -2.53. The van der Waals surface area contributed by atoms with E-state index in [4.69, 9.17) is 18.9 Å². The minimum Gasteiger partial charge on any atom is -0.492 e. The zero-order chi connectivity index (χ0) is 21.9. The normalized spacial score (nSPS) is 28.7. The summed E-state index contributed by atoms with van der Waals surface area (Å²) in [6, 6.07) is 12.6. The predicted molar refractivity (Wildman–Crippen MR) is 120 cm³/mol. The van der Waals surface area contributed by atoms with Gasteiger partial charge in [0.2, 0.25) is 0 Å². The summed E-state index contributed by atoms with van der Waals surface area (Å²) in [6.07, 6.45) is -0.729. The fraction of sp³-hybridized carbons (Fsp3) is 0.520. The lowest BCUT2D eigenvalue weighted by molar-refractivity contribution is -0.0388. The minimum atomic E-state index is -0.762. The van der Waals surface area contributed by atoms with E-state index in [1.165, 1.54) is 0 Å². The maximum atomic E-state index is 11.8. The molecule has 170 valence electrons. The Morgan fingerprint density at radius 2 is 1.78 bits per heavy atom. The van der Waals surface area contributed by atoms with Crippen LogP contribution in [0.2, 0.25) is 0 Å². The summed E-state index contributed by atoms with van der Waals surface area (Å²) in [4.78, 5) is 4.54. The number of rotatable bonds is 3. The van der Waals surface area contributed by atoms with E-state index in [0.717, 1.165) is 42.3 Å². The molecule has 0 aliphatic carbocycles. The Balaban J connectivity index is 1.38. The highest BCUT2D eigenvalue weighted by Gasteiger charge is 2.57. The number of ether oxygens (including phenoxy) is 4. The van der Waals surface area contributed by atoms with E-state index in [1.54, 1.807) is 0 Å². The fourth-order valence-corrected chi connectivity index (χ4v) is 5.62. The molecule has 1 N–H and O–H groups in total. The quantitative estimate of drug-likeness (QED) is 0.790. The lowest BCUT2D eigenvalue weighted by atomic mass is 9.76. The number of anilines is 1. The molecule has 4 aliphatic rings. The van der Waals surface area contributed by atoms with Gasteiger partial charge in [0.1, 0.15) is 37.2 Å². The van der Waals surface area contributed by atoms with Gasteiger partial charge in [0.25, 0.3) is 0 Å². The first kappa shape index (κ1) is 20.1. The molecule has 4 heterocycles. The molecular formula is C25H30N2O5. The van der Waals surface area contributed by atoms with Crippen LogP contribution >= 0.6 is 0 Å². The first-order valence-corrected chi connectivity index (χ1v) is 11.5. The molecule has 7 heteroatoms. The molecule has 2 aromatic carbocycles. The maximum absolute atomic E-state index is 11.8. The van der Waals surface area contributed by atoms with Crippen molar-refractivity contribution in [2.24, 2.45) is 0 Å². The Morgan fingerprint density at radius 3 is 2.59 bits per heavy atom. The second-order valence-corrected chi connectivity index (χ2v) is 9.38. The van der Waals surface area contributed by atoms with Gasteiger partial charge >= 0.3 is 0 Å². The summed E-state index contributed by atoms with van der Waals surface area (Å²) in [5.74, 6) is 2.17. The van der Waals surface area contributed by atoms with Crippen LogP contribution in [0.1, 0.15) is 25.0 Å². The first-order valence-electron chi connectivity index (χ1n) is 11.5. The van der Waals surface area contributed by atoms with E-state index in [2.05, 4.69) is 35.8 Å². The van der Waals surface area contributed by atoms with E-state index in [1.807, 2.05) is 24.3 Å². The van der Waals surface area contributed by atoms with Crippen molar-refractivity contribution in [3.05, 3.63) is 47.5 Å². The molecule has 0 radical (unpaired) electrons. The van der Waals surface area contributed by atoms with Gasteiger partial charge in [-0.1, -0.05) is 18.2 Å². The van der Waals surface area contributed by atoms with Crippen LogP contribution in [0.15, 0.2) is 36.4 Å². The van der Waals surface area contributed by atoms with Crippen LogP contribution in [-0.4, -0.2) is 74.4 Å². The van der Waals surface area contributed by atoms with Gasteiger partial charge in [-0.2, -0.15) is 0 Å². The van der Waals surface area contributed by atoms with E-state index < -0.39 is 11.6 Å². The van der Waals surface area contributed by atoms with Crippen molar-refractivity contribution in [3.8, 4) is 17.2 Å². The van der Waals surface area contributed by atoms with Crippen LogP contribution in [0.4, 0.5) is 5.69 Å². The van der Waals surface area contributed by atoms with Crippen molar-refractivity contribution in [3.63, 3.8) is 0 Å². The number of hydrogen-bond donors (Lipinski definition) is 1. The Kier molecular flexibility index (Phi) is 4.75. The second kappa shape index (κ2) is 7.54. The van der Waals surface area contributed by atoms with Crippen LogP contribution < -0.4 is 19.1 Å². The van der Waals surface area contributed by atoms with Crippen LogP contribution in [0, 0.1) is 0 Å². The van der Waals surface area contributed by atoms with Gasteiger partial charge in [0.15, 0.2) is 11.5 Å². The summed E-state index contributed by atoms with van der Waals surface area (Å²) in [5, 5.41) is 11.8. The average Bonchev–Trinajstić information content (AvgIpc) is 3.30. The molecule has 7 nitrogen and oxygen atoms in total. The monoisotopic (exact) mass is 438 g/mol. The molecule has 4 aliphatic heterocycles. The minimum absolute atomic E-state index is 0.0334. The van der Waals surface area contributed by atoms with Gasteiger partial charge in [-0.15, -0.1) is 0 Å². The van der Waals surface area contributed by atoms with Crippen LogP contribution in [0.3, 0.4) is 0 Å². The van der Waals surface area contributed by atoms with E-state index in [9.17, 15) is 5.11 Å². The van der Waals surface area contributed by atoms with Crippen molar-refractivity contribution >= 4 is 5.69 Å². The highest BCUT2D eigenvalue weighted by atomic mass is 16.6. The fourth-order valence-electron chi connectivity index (χ4n) is 5.62. The molecule has 1 saturated heterocycles. The van der Waals surface area contributed by atoms with Crippen molar-refractivity contribution in [2.75, 3.05) is 51.0 Å². The average molecular weight is 439 g/mol. The Bertz CT molecular complexity index is 1030. The Labute approximate surface area is 188 Å². The zero-order valence-electron chi connectivity index (χ0n) is 18.6. The molecule has 0 saturated carbocycles. The predicted octanol–water partition coefficient (Wildman–Crippen LogP) is 2.38. The number of morpholine rings is 1. The summed E-state index contributed by atoms with van der Waals surface area (Å²) < 4.78 is 23.9. The van der Waals surface area contributed by atoms with Crippen molar-refractivity contribution in [1.29, 1.82) is 0 Å². The standard InChI is InChI=1S/C25H30N2O5/c1-16(2)26-7-8-29-17(13-26)14-27-20-6-4-3-5-18(20)25(24(27)28)15-32-21-12-23-22(11-19(21)25)30-9-10-31-23/h3-6,11-12,16-17,24,28H,7-10,13-15H2,1-2H3. The van der Waals surface area contributed by atoms with E-state index >= 15 is 0 Å². The summed E-state index contributed by atoms with van der Waals surface area (Å²) in [5.41, 5.74) is 2.40. The number of fused-ring (bicyclic) bond motifs is 5. The highest BCUT2D eigenvalue weighted by molar-refractivity contribution is 5.71. The Morgan fingerprint density at radius 1 is 1.00 bits per heavy atom. The number of benzene rings is 2. The van der Waals surface area contributed by atoms with Crippen molar-refractivity contribution < 1.29 is 24.1 Å². The van der Waals surface area contributed by atoms with Gasteiger partial charge in [0, 0.05) is 43.0 Å². The Hall–Kier alpha value is -2.48. The molecular weight excluding hydrogens is 408 g/mol. The van der Waals surface area contributed by atoms with Gasteiger partial charge in [-0.05, 0) is 31.5 Å². The molecule has 3 unspecified atom stereocenters. The summed E-state index contributed by atoms with van der Waals surface area (Å²) >= 11 is 0. The molecule has 3 atom stereocenters. The van der Waals surface area contributed by atoms with Crippen LogP contribution in [-0.2, 0) is 10.2 Å². The number of aliphatic hydroxyl groups excluding tert-OH is 1. The largest absolute Gasteiger partial charge is 0.492 e. The number of nitrogens with zero attached hydrogens (tertiary/aromatic N) is 2. The van der Waals surface area contributed by atoms with Gasteiger partial charge in [0.05, 0.1) is 12.7 Å².